The van der Waals surface area contributed by atoms with Gasteiger partial charge in [0.2, 0.25) is 0 Å². The van der Waals surface area contributed by atoms with Crippen LogP contribution in [0.15, 0.2) is 29.4 Å². The monoisotopic (exact) mass is 197 g/mol. The maximum atomic E-state index is 12.7. The summed E-state index contributed by atoms with van der Waals surface area (Å²) in [5.74, 6) is -1.78. The van der Waals surface area contributed by atoms with Crippen LogP contribution in [0.2, 0.25) is 0 Å². The Morgan fingerprint density at radius 2 is 2.21 bits per heavy atom. The van der Waals surface area contributed by atoms with E-state index < -0.39 is 17.5 Å². The summed E-state index contributed by atoms with van der Waals surface area (Å²) in [6, 6.07) is 5.45. The fourth-order valence-corrected chi connectivity index (χ4v) is 0.994. The van der Waals surface area contributed by atoms with Crippen molar-refractivity contribution in [3.05, 3.63) is 35.6 Å². The number of carboxylic acid groups (broad SMARTS) is 1. The number of hydrogen-bond donors (Lipinski definition) is 2. The van der Waals surface area contributed by atoms with Gasteiger partial charge in [0.15, 0.2) is 5.71 Å². The molecule has 1 aromatic carbocycles. The molecule has 1 rings (SSSR count). The second kappa shape index (κ2) is 4.36. The summed E-state index contributed by atoms with van der Waals surface area (Å²) in [6.07, 6.45) is -0.108. The highest BCUT2D eigenvalue weighted by Crippen LogP contribution is 2.05. The summed E-state index contributed by atoms with van der Waals surface area (Å²) >= 11 is 0. The molecule has 0 atom stereocenters. The minimum atomic E-state index is -1.32. The van der Waals surface area contributed by atoms with Gasteiger partial charge in [0, 0.05) is 6.42 Å². The van der Waals surface area contributed by atoms with Gasteiger partial charge in [0.1, 0.15) is 5.82 Å². The topological polar surface area (TPSA) is 69.9 Å². The van der Waals surface area contributed by atoms with Crippen molar-refractivity contribution in [2.24, 2.45) is 5.16 Å². The molecule has 5 heteroatoms. The molecule has 14 heavy (non-hydrogen) atoms. The highest BCUT2D eigenvalue weighted by Gasteiger charge is 2.10. The van der Waals surface area contributed by atoms with E-state index in [1.54, 1.807) is 6.07 Å². The van der Waals surface area contributed by atoms with Crippen LogP contribution in [0, 0.1) is 5.82 Å². The lowest BCUT2D eigenvalue weighted by atomic mass is 10.1. The Hall–Kier alpha value is -1.91. The molecule has 0 aliphatic rings. The van der Waals surface area contributed by atoms with E-state index in [2.05, 4.69) is 5.16 Å². The first-order chi connectivity index (χ1) is 6.63. The van der Waals surface area contributed by atoms with Crippen LogP contribution < -0.4 is 0 Å². The van der Waals surface area contributed by atoms with Gasteiger partial charge >= 0.3 is 5.97 Å². The van der Waals surface area contributed by atoms with Gasteiger partial charge in [-0.05, 0) is 17.7 Å². The van der Waals surface area contributed by atoms with Crippen LogP contribution in [0.3, 0.4) is 0 Å². The third kappa shape index (κ3) is 2.55. The van der Waals surface area contributed by atoms with Gasteiger partial charge in [0.25, 0.3) is 0 Å². The number of aliphatic carboxylic acids is 1. The Kier molecular flexibility index (Phi) is 3.17. The van der Waals surface area contributed by atoms with E-state index in [1.165, 1.54) is 18.2 Å². The summed E-state index contributed by atoms with van der Waals surface area (Å²) in [7, 11) is 0. The molecule has 0 fully saturated rings. The van der Waals surface area contributed by atoms with Crippen LogP contribution in [-0.4, -0.2) is 22.0 Å². The van der Waals surface area contributed by atoms with Crippen molar-refractivity contribution in [1.82, 2.24) is 0 Å². The second-order valence-electron chi connectivity index (χ2n) is 2.66. The number of halogens is 1. The van der Waals surface area contributed by atoms with E-state index in [0.717, 1.165) is 0 Å². The normalized spacial score (nSPS) is 11.4. The molecule has 0 amide bonds. The van der Waals surface area contributed by atoms with Crippen molar-refractivity contribution in [2.45, 2.75) is 6.42 Å². The number of carboxylic acids is 1. The zero-order valence-electron chi connectivity index (χ0n) is 7.14. The lowest BCUT2D eigenvalue weighted by Crippen LogP contribution is -2.15. The Labute approximate surface area is 79.3 Å². The van der Waals surface area contributed by atoms with Crippen LogP contribution in [0.4, 0.5) is 4.39 Å². The Morgan fingerprint density at radius 3 is 2.71 bits per heavy atom. The summed E-state index contributed by atoms with van der Waals surface area (Å²) in [5, 5.41) is 19.5. The van der Waals surface area contributed by atoms with E-state index in [-0.39, 0.29) is 6.42 Å². The maximum absolute atomic E-state index is 12.7. The molecule has 0 radical (unpaired) electrons. The van der Waals surface area contributed by atoms with Gasteiger partial charge in [-0.1, -0.05) is 17.3 Å². The third-order valence-corrected chi connectivity index (χ3v) is 1.63. The minimum Gasteiger partial charge on any atom is -0.477 e. The predicted molar refractivity (Wildman–Crippen MR) is 47.0 cm³/mol. The molecule has 0 spiro atoms. The number of rotatable bonds is 3. The molecule has 2 N–H and O–H groups in total. The van der Waals surface area contributed by atoms with Gasteiger partial charge in [0.05, 0.1) is 0 Å². The molecule has 1 aromatic rings. The third-order valence-electron chi connectivity index (χ3n) is 1.63. The van der Waals surface area contributed by atoms with Gasteiger partial charge in [-0.3, -0.25) is 0 Å². The summed E-state index contributed by atoms with van der Waals surface area (Å²) in [5.41, 5.74) is 0.0239. The number of benzene rings is 1. The van der Waals surface area contributed by atoms with Crippen molar-refractivity contribution < 1.29 is 19.5 Å². The highest BCUT2D eigenvalue weighted by atomic mass is 19.1. The first-order valence-electron chi connectivity index (χ1n) is 3.82. The zero-order chi connectivity index (χ0) is 10.6. The van der Waals surface area contributed by atoms with E-state index in [0.29, 0.717) is 5.56 Å². The summed E-state index contributed by atoms with van der Waals surface area (Å²) in [4.78, 5) is 10.4. The molecule has 0 unspecified atom stereocenters. The lowest BCUT2D eigenvalue weighted by molar-refractivity contribution is -0.129. The summed E-state index contributed by atoms with van der Waals surface area (Å²) in [6.45, 7) is 0. The molecule has 0 heterocycles. The minimum absolute atomic E-state index is 0.108. The molecule has 0 aliphatic carbocycles. The van der Waals surface area contributed by atoms with Crippen molar-refractivity contribution in [1.29, 1.82) is 0 Å². The Balaban J connectivity index is 2.83. The number of nitrogens with zero attached hydrogens (tertiary/aromatic N) is 1. The number of hydrogen-bond acceptors (Lipinski definition) is 3. The second-order valence-corrected chi connectivity index (χ2v) is 2.66. The standard InChI is InChI=1S/C9H8FNO3/c10-7-3-1-2-6(4-7)5-8(11-14)9(12)13/h1-4,14H,5H2,(H,12,13)/b11-8-. The fourth-order valence-electron chi connectivity index (χ4n) is 0.994. The van der Waals surface area contributed by atoms with Gasteiger partial charge in [-0.2, -0.15) is 0 Å². The van der Waals surface area contributed by atoms with Crippen molar-refractivity contribution in [3.63, 3.8) is 0 Å². The fraction of sp³-hybridized carbons (Fsp3) is 0.111. The zero-order valence-corrected chi connectivity index (χ0v) is 7.14. The predicted octanol–water partition coefficient (Wildman–Crippen LogP) is 1.28. The molecule has 4 nitrogen and oxygen atoms in total. The SMILES string of the molecule is O=C(O)/C(Cc1cccc(F)c1)=N\O. The van der Waals surface area contributed by atoms with E-state index >= 15 is 0 Å². The van der Waals surface area contributed by atoms with Gasteiger partial charge in [-0.25, -0.2) is 9.18 Å². The van der Waals surface area contributed by atoms with Crippen LogP contribution in [0.5, 0.6) is 0 Å². The first-order valence-corrected chi connectivity index (χ1v) is 3.82. The van der Waals surface area contributed by atoms with E-state index in [9.17, 15) is 9.18 Å². The van der Waals surface area contributed by atoms with E-state index in [4.69, 9.17) is 10.3 Å². The molecule has 0 saturated carbocycles. The molecule has 0 aromatic heterocycles. The average Bonchev–Trinajstić information content (AvgIpc) is 2.14. The van der Waals surface area contributed by atoms with Crippen molar-refractivity contribution in [2.75, 3.05) is 0 Å². The Bertz CT molecular complexity index is 376. The van der Waals surface area contributed by atoms with Crippen molar-refractivity contribution in [3.8, 4) is 0 Å². The molecular weight excluding hydrogens is 189 g/mol. The van der Waals surface area contributed by atoms with Gasteiger partial charge in [-0.15, -0.1) is 0 Å². The smallest absolute Gasteiger partial charge is 0.354 e. The average molecular weight is 197 g/mol. The van der Waals surface area contributed by atoms with Gasteiger partial charge < -0.3 is 10.3 Å². The van der Waals surface area contributed by atoms with Crippen LogP contribution >= 0.6 is 0 Å². The molecule has 74 valence electrons. The molecule has 0 aliphatic heterocycles. The first kappa shape index (κ1) is 10.2. The highest BCUT2D eigenvalue weighted by molar-refractivity contribution is 6.35. The van der Waals surface area contributed by atoms with Crippen LogP contribution in [-0.2, 0) is 11.2 Å². The van der Waals surface area contributed by atoms with Crippen molar-refractivity contribution >= 4 is 11.7 Å². The van der Waals surface area contributed by atoms with E-state index in [1.807, 2.05) is 0 Å². The van der Waals surface area contributed by atoms with Crippen LogP contribution in [0.1, 0.15) is 5.56 Å². The molecule has 0 bridgehead atoms. The quantitative estimate of drug-likeness (QED) is 0.435. The Morgan fingerprint density at radius 1 is 1.50 bits per heavy atom. The number of carbonyl (C=O) groups is 1. The maximum Gasteiger partial charge on any atom is 0.354 e. The largest absolute Gasteiger partial charge is 0.477 e. The number of oxime groups is 1. The summed E-state index contributed by atoms with van der Waals surface area (Å²) < 4.78 is 12.7. The molecular formula is C9H8FNO3. The lowest BCUT2D eigenvalue weighted by Gasteiger charge is -1.99. The van der Waals surface area contributed by atoms with Crippen LogP contribution in [0.25, 0.3) is 0 Å². The molecule has 0 saturated heterocycles.